The second kappa shape index (κ2) is 9.25. The molecule has 1 saturated heterocycles. The van der Waals surface area contributed by atoms with Crippen LogP contribution in [0.4, 0.5) is 0 Å². The maximum absolute atomic E-state index is 13.2. The molecule has 2 aromatic rings. The zero-order valence-corrected chi connectivity index (χ0v) is 18.9. The zero-order valence-electron chi connectivity index (χ0n) is 18.9. The quantitative estimate of drug-likeness (QED) is 0.569. The van der Waals surface area contributed by atoms with Gasteiger partial charge in [0.1, 0.15) is 5.75 Å². The van der Waals surface area contributed by atoms with Crippen LogP contribution in [0.5, 0.6) is 5.75 Å². The SMILES string of the molecule is COc1ccc(CN(CC[C@@]2(C(C)C)CCOC(C)(C)C2)C(=O)c2ccco2)cc1. The van der Waals surface area contributed by atoms with Crippen LogP contribution in [0.2, 0.25) is 0 Å². The molecule has 3 rings (SSSR count). The number of hydrogen-bond donors (Lipinski definition) is 0. The van der Waals surface area contributed by atoms with Gasteiger partial charge in [-0.2, -0.15) is 0 Å². The highest BCUT2D eigenvalue weighted by Crippen LogP contribution is 2.47. The van der Waals surface area contributed by atoms with E-state index in [1.807, 2.05) is 29.2 Å². The first kappa shape index (κ1) is 22.4. The van der Waals surface area contributed by atoms with Crippen LogP contribution < -0.4 is 4.74 Å². The van der Waals surface area contributed by atoms with Crippen molar-refractivity contribution in [3.63, 3.8) is 0 Å². The normalized spacial score (nSPS) is 20.9. The van der Waals surface area contributed by atoms with Gasteiger partial charge in [0.2, 0.25) is 0 Å². The molecule has 1 amide bonds. The van der Waals surface area contributed by atoms with E-state index in [1.54, 1.807) is 25.5 Å². The van der Waals surface area contributed by atoms with Crippen molar-refractivity contribution in [2.75, 3.05) is 20.3 Å². The van der Waals surface area contributed by atoms with Gasteiger partial charge < -0.3 is 18.8 Å². The fourth-order valence-electron chi connectivity index (χ4n) is 4.63. The number of rotatable bonds is 8. The summed E-state index contributed by atoms with van der Waals surface area (Å²) in [6, 6.07) is 11.4. The minimum Gasteiger partial charge on any atom is -0.497 e. The Morgan fingerprint density at radius 2 is 1.93 bits per heavy atom. The van der Waals surface area contributed by atoms with Gasteiger partial charge in [0.05, 0.1) is 19.0 Å². The van der Waals surface area contributed by atoms with Gasteiger partial charge in [-0.3, -0.25) is 4.79 Å². The standard InChI is InChI=1S/C25H35NO4/c1-19(2)25(13-16-30-24(3,4)18-25)12-14-26(23(27)22-7-6-15-29-22)17-20-8-10-21(28-5)11-9-20/h6-11,15,19H,12-14,16-18H2,1-5H3/t25-/m1/s1. The molecule has 0 N–H and O–H groups in total. The lowest BCUT2D eigenvalue weighted by Gasteiger charge is -2.48. The maximum Gasteiger partial charge on any atom is 0.289 e. The maximum atomic E-state index is 13.2. The van der Waals surface area contributed by atoms with E-state index >= 15 is 0 Å². The molecule has 0 spiro atoms. The van der Waals surface area contributed by atoms with Crippen LogP contribution in [0, 0.1) is 11.3 Å². The van der Waals surface area contributed by atoms with E-state index in [-0.39, 0.29) is 16.9 Å². The van der Waals surface area contributed by atoms with E-state index in [2.05, 4.69) is 27.7 Å². The Labute approximate surface area is 180 Å². The lowest BCUT2D eigenvalue weighted by molar-refractivity contribution is -0.122. The van der Waals surface area contributed by atoms with Crippen LogP contribution >= 0.6 is 0 Å². The fraction of sp³-hybridized carbons (Fsp3) is 0.560. The molecular weight excluding hydrogens is 378 g/mol. The third kappa shape index (κ3) is 5.25. The number of benzene rings is 1. The molecule has 1 aromatic heterocycles. The van der Waals surface area contributed by atoms with Crippen molar-refractivity contribution in [2.24, 2.45) is 11.3 Å². The van der Waals surface area contributed by atoms with Crippen LogP contribution in [-0.2, 0) is 11.3 Å². The highest BCUT2D eigenvalue weighted by Gasteiger charge is 2.43. The van der Waals surface area contributed by atoms with E-state index in [0.29, 0.717) is 24.8 Å². The highest BCUT2D eigenvalue weighted by molar-refractivity contribution is 5.91. The molecule has 0 saturated carbocycles. The van der Waals surface area contributed by atoms with Crippen molar-refractivity contribution in [1.29, 1.82) is 0 Å². The Hall–Kier alpha value is -2.27. The van der Waals surface area contributed by atoms with E-state index in [0.717, 1.165) is 37.2 Å². The Bertz CT molecular complexity index is 810. The van der Waals surface area contributed by atoms with Crippen LogP contribution in [0.25, 0.3) is 0 Å². The topological polar surface area (TPSA) is 51.9 Å². The minimum atomic E-state index is -0.131. The highest BCUT2D eigenvalue weighted by atomic mass is 16.5. The number of furan rings is 1. The summed E-state index contributed by atoms with van der Waals surface area (Å²) in [6.07, 6.45) is 4.53. The molecule has 0 radical (unpaired) electrons. The van der Waals surface area contributed by atoms with Crippen molar-refractivity contribution in [2.45, 2.75) is 59.1 Å². The van der Waals surface area contributed by atoms with E-state index in [1.165, 1.54) is 0 Å². The number of nitrogens with zero attached hydrogens (tertiary/aromatic N) is 1. The van der Waals surface area contributed by atoms with Gasteiger partial charge >= 0.3 is 0 Å². The fourth-order valence-corrected chi connectivity index (χ4v) is 4.63. The average molecular weight is 414 g/mol. The van der Waals surface area contributed by atoms with E-state index < -0.39 is 0 Å². The van der Waals surface area contributed by atoms with Crippen molar-refractivity contribution in [1.82, 2.24) is 4.90 Å². The number of ether oxygens (including phenoxy) is 2. The molecule has 2 heterocycles. The third-order valence-corrected chi connectivity index (χ3v) is 6.53. The van der Waals surface area contributed by atoms with Gasteiger partial charge in [-0.1, -0.05) is 26.0 Å². The summed E-state index contributed by atoms with van der Waals surface area (Å²) < 4.78 is 16.7. The lowest BCUT2D eigenvalue weighted by Crippen LogP contribution is -2.46. The Balaban J connectivity index is 1.79. The number of carbonyl (C=O) groups is 1. The molecule has 164 valence electrons. The van der Waals surface area contributed by atoms with Gasteiger partial charge in [-0.05, 0) is 74.3 Å². The number of methoxy groups -OCH3 is 1. The van der Waals surface area contributed by atoms with Crippen LogP contribution in [0.3, 0.4) is 0 Å². The average Bonchev–Trinajstić information content (AvgIpc) is 3.25. The molecule has 1 aromatic carbocycles. The summed E-state index contributed by atoms with van der Waals surface area (Å²) in [7, 11) is 1.66. The van der Waals surface area contributed by atoms with Gasteiger partial charge in [0.15, 0.2) is 5.76 Å². The molecule has 30 heavy (non-hydrogen) atoms. The third-order valence-electron chi connectivity index (χ3n) is 6.53. The van der Waals surface area contributed by atoms with Crippen molar-refractivity contribution < 1.29 is 18.7 Å². The monoisotopic (exact) mass is 413 g/mol. The summed E-state index contributed by atoms with van der Waals surface area (Å²) in [4.78, 5) is 15.1. The molecule has 5 heteroatoms. The summed E-state index contributed by atoms with van der Waals surface area (Å²) in [5.74, 6) is 1.64. The molecule has 1 aliphatic rings. The van der Waals surface area contributed by atoms with E-state index in [4.69, 9.17) is 13.9 Å². The molecule has 0 bridgehead atoms. The summed E-state index contributed by atoms with van der Waals surface area (Å²) in [6.45, 7) is 10.9. The van der Waals surface area contributed by atoms with Gasteiger partial charge in [0.25, 0.3) is 5.91 Å². The predicted octanol–water partition coefficient (Wildman–Crippen LogP) is 5.55. The molecule has 5 nitrogen and oxygen atoms in total. The molecule has 1 fully saturated rings. The van der Waals surface area contributed by atoms with Crippen LogP contribution in [0.15, 0.2) is 47.1 Å². The summed E-state index contributed by atoms with van der Waals surface area (Å²) in [5.41, 5.74) is 1.10. The first-order chi connectivity index (χ1) is 14.2. The molecule has 0 aliphatic carbocycles. The number of carbonyl (C=O) groups excluding carboxylic acids is 1. The molecular formula is C25H35NO4. The smallest absolute Gasteiger partial charge is 0.289 e. The van der Waals surface area contributed by atoms with Gasteiger partial charge in [-0.15, -0.1) is 0 Å². The second-order valence-corrected chi connectivity index (χ2v) is 9.35. The molecule has 0 unspecified atom stereocenters. The molecule has 1 atom stereocenters. The van der Waals surface area contributed by atoms with Crippen LogP contribution in [0.1, 0.15) is 63.1 Å². The summed E-state index contributed by atoms with van der Waals surface area (Å²) >= 11 is 0. The number of amides is 1. The molecule has 1 aliphatic heterocycles. The van der Waals surface area contributed by atoms with E-state index in [9.17, 15) is 4.79 Å². The van der Waals surface area contributed by atoms with Crippen molar-refractivity contribution >= 4 is 5.91 Å². The van der Waals surface area contributed by atoms with Crippen molar-refractivity contribution in [3.8, 4) is 5.75 Å². The zero-order chi connectivity index (χ0) is 21.8. The minimum absolute atomic E-state index is 0.0685. The van der Waals surface area contributed by atoms with Crippen molar-refractivity contribution in [3.05, 3.63) is 54.0 Å². The van der Waals surface area contributed by atoms with Gasteiger partial charge in [-0.25, -0.2) is 0 Å². The Morgan fingerprint density at radius 3 is 2.50 bits per heavy atom. The lowest BCUT2D eigenvalue weighted by atomic mass is 9.65. The van der Waals surface area contributed by atoms with Crippen LogP contribution in [-0.4, -0.2) is 36.7 Å². The summed E-state index contributed by atoms with van der Waals surface area (Å²) in [5, 5.41) is 0. The second-order valence-electron chi connectivity index (χ2n) is 9.35. The Morgan fingerprint density at radius 1 is 1.20 bits per heavy atom. The largest absolute Gasteiger partial charge is 0.497 e. The first-order valence-corrected chi connectivity index (χ1v) is 10.8. The first-order valence-electron chi connectivity index (χ1n) is 10.8. The van der Waals surface area contributed by atoms with Gasteiger partial charge in [0, 0.05) is 19.7 Å². The number of hydrogen-bond acceptors (Lipinski definition) is 4. The predicted molar refractivity (Wildman–Crippen MR) is 118 cm³/mol. The Kier molecular flexibility index (Phi) is 6.91.